The van der Waals surface area contributed by atoms with E-state index in [1.54, 1.807) is 11.9 Å². The summed E-state index contributed by atoms with van der Waals surface area (Å²) in [5, 5.41) is 3.40. The van der Waals surface area contributed by atoms with Crippen LogP contribution in [0.4, 0.5) is 0 Å². The number of rotatable bonds is 3. The Morgan fingerprint density at radius 2 is 2.33 bits per heavy atom. The Bertz CT molecular complexity index is 443. The molecule has 1 atom stereocenters. The summed E-state index contributed by atoms with van der Waals surface area (Å²) in [6.45, 7) is 1.70. The van der Waals surface area contributed by atoms with Gasteiger partial charge in [-0.2, -0.15) is 0 Å². The number of nitrogens with one attached hydrogen (secondary N) is 1. The third-order valence-electron chi connectivity index (χ3n) is 3.20. The van der Waals surface area contributed by atoms with Crippen LogP contribution in [0, 0.1) is 0 Å². The first kappa shape index (κ1) is 12.8. The van der Waals surface area contributed by atoms with E-state index in [-0.39, 0.29) is 5.91 Å². The molecule has 0 radical (unpaired) electrons. The summed E-state index contributed by atoms with van der Waals surface area (Å²) >= 11 is 0. The maximum atomic E-state index is 12.1. The molecule has 0 spiro atoms. The van der Waals surface area contributed by atoms with Crippen molar-refractivity contribution in [1.29, 1.82) is 0 Å². The summed E-state index contributed by atoms with van der Waals surface area (Å²) in [7, 11) is 1.77. The van der Waals surface area contributed by atoms with Crippen LogP contribution in [0.15, 0.2) is 27.6 Å². The Labute approximate surface area is 106 Å². The molecule has 18 heavy (non-hydrogen) atoms. The lowest BCUT2D eigenvalue weighted by Crippen LogP contribution is -2.44. The van der Waals surface area contributed by atoms with Gasteiger partial charge in [0.05, 0.1) is 5.56 Å². The molecule has 1 aromatic heterocycles. The van der Waals surface area contributed by atoms with Crippen molar-refractivity contribution in [3.63, 3.8) is 0 Å². The molecule has 1 aromatic rings. The first-order chi connectivity index (χ1) is 8.66. The summed E-state index contributed by atoms with van der Waals surface area (Å²) in [5.41, 5.74) is -0.0314. The van der Waals surface area contributed by atoms with Crippen molar-refractivity contribution in [2.24, 2.45) is 0 Å². The molecule has 1 aliphatic rings. The van der Waals surface area contributed by atoms with E-state index in [0.29, 0.717) is 18.2 Å². The predicted molar refractivity (Wildman–Crippen MR) is 67.6 cm³/mol. The molecule has 0 saturated carbocycles. The van der Waals surface area contributed by atoms with Crippen molar-refractivity contribution in [2.75, 3.05) is 20.1 Å². The van der Waals surface area contributed by atoms with Gasteiger partial charge in [0.25, 0.3) is 5.91 Å². The van der Waals surface area contributed by atoms with Gasteiger partial charge >= 0.3 is 5.63 Å². The van der Waals surface area contributed by atoms with Crippen LogP contribution in [0.1, 0.15) is 29.6 Å². The van der Waals surface area contributed by atoms with Crippen LogP contribution in [-0.4, -0.2) is 37.0 Å². The summed E-state index contributed by atoms with van der Waals surface area (Å²) in [4.78, 5) is 24.6. The third kappa shape index (κ3) is 3.20. The first-order valence-electron chi connectivity index (χ1n) is 6.24. The van der Waals surface area contributed by atoms with Gasteiger partial charge in [0.15, 0.2) is 0 Å². The van der Waals surface area contributed by atoms with Crippen LogP contribution in [0.2, 0.25) is 0 Å². The quantitative estimate of drug-likeness (QED) is 0.864. The van der Waals surface area contributed by atoms with E-state index in [2.05, 4.69) is 5.32 Å². The molecule has 5 nitrogen and oxygen atoms in total. The number of likely N-dealkylation sites (N-methyl/N-ethyl adjacent to an activating group) is 1. The van der Waals surface area contributed by atoms with Gasteiger partial charge < -0.3 is 14.6 Å². The Morgan fingerprint density at radius 1 is 1.50 bits per heavy atom. The lowest BCUT2D eigenvalue weighted by Gasteiger charge is -2.28. The van der Waals surface area contributed by atoms with Crippen molar-refractivity contribution in [1.82, 2.24) is 10.2 Å². The maximum absolute atomic E-state index is 12.1. The molecule has 98 valence electrons. The number of piperidine rings is 1. The Morgan fingerprint density at radius 3 is 2.94 bits per heavy atom. The minimum absolute atomic E-state index is 0.119. The Balaban J connectivity index is 1.95. The van der Waals surface area contributed by atoms with Crippen molar-refractivity contribution < 1.29 is 9.21 Å². The van der Waals surface area contributed by atoms with Crippen LogP contribution in [-0.2, 0) is 0 Å². The molecule has 0 aromatic carbocycles. The maximum Gasteiger partial charge on any atom is 0.335 e. The fourth-order valence-corrected chi connectivity index (χ4v) is 2.19. The highest BCUT2D eigenvalue weighted by molar-refractivity contribution is 5.93. The monoisotopic (exact) mass is 250 g/mol. The van der Waals surface area contributed by atoms with E-state index in [0.717, 1.165) is 13.0 Å². The molecular weight excluding hydrogens is 232 g/mol. The number of carbonyl (C=O) groups excluding carboxylic acids is 1. The van der Waals surface area contributed by atoms with Gasteiger partial charge in [0, 0.05) is 25.7 Å². The van der Waals surface area contributed by atoms with Gasteiger partial charge in [-0.15, -0.1) is 0 Å². The summed E-state index contributed by atoms with van der Waals surface area (Å²) in [6.07, 6.45) is 4.73. The van der Waals surface area contributed by atoms with Gasteiger partial charge in [-0.25, -0.2) is 4.79 Å². The zero-order chi connectivity index (χ0) is 13.0. The highest BCUT2D eigenvalue weighted by Crippen LogP contribution is 2.09. The fourth-order valence-electron chi connectivity index (χ4n) is 2.19. The molecule has 1 N–H and O–H groups in total. The molecule has 1 fully saturated rings. The molecule has 1 aliphatic heterocycles. The minimum atomic E-state index is -0.442. The van der Waals surface area contributed by atoms with E-state index < -0.39 is 5.63 Å². The van der Waals surface area contributed by atoms with Crippen molar-refractivity contribution in [3.05, 3.63) is 34.4 Å². The second kappa shape index (κ2) is 5.82. The minimum Gasteiger partial charge on any atom is -0.430 e. The van der Waals surface area contributed by atoms with Gasteiger partial charge in [0.1, 0.15) is 6.26 Å². The van der Waals surface area contributed by atoms with E-state index in [1.807, 2.05) is 0 Å². The van der Waals surface area contributed by atoms with Gasteiger partial charge in [-0.3, -0.25) is 4.79 Å². The normalized spacial score (nSPS) is 19.5. The zero-order valence-corrected chi connectivity index (χ0v) is 10.5. The fraction of sp³-hybridized carbons (Fsp3) is 0.538. The third-order valence-corrected chi connectivity index (χ3v) is 3.20. The average molecular weight is 250 g/mol. The lowest BCUT2D eigenvalue weighted by molar-refractivity contribution is 0.0772. The molecule has 1 saturated heterocycles. The molecule has 2 rings (SSSR count). The van der Waals surface area contributed by atoms with Crippen LogP contribution in [0.25, 0.3) is 0 Å². The van der Waals surface area contributed by atoms with Crippen molar-refractivity contribution in [2.45, 2.75) is 25.3 Å². The second-order valence-electron chi connectivity index (χ2n) is 4.68. The number of amides is 1. The summed E-state index contributed by atoms with van der Waals surface area (Å²) in [5.74, 6) is -0.119. The first-order valence-corrected chi connectivity index (χ1v) is 6.24. The molecule has 5 heteroatoms. The van der Waals surface area contributed by atoms with Crippen LogP contribution in [0.5, 0.6) is 0 Å². The summed E-state index contributed by atoms with van der Waals surface area (Å²) in [6, 6.07) is 3.13. The topological polar surface area (TPSA) is 62.6 Å². The van der Waals surface area contributed by atoms with Crippen LogP contribution >= 0.6 is 0 Å². The predicted octanol–water partition coefficient (Wildman–Crippen LogP) is 0.854. The van der Waals surface area contributed by atoms with Gasteiger partial charge in [0.2, 0.25) is 0 Å². The van der Waals surface area contributed by atoms with E-state index >= 15 is 0 Å². The smallest absolute Gasteiger partial charge is 0.335 e. The summed E-state index contributed by atoms with van der Waals surface area (Å²) < 4.78 is 4.70. The average Bonchev–Trinajstić information content (AvgIpc) is 2.40. The van der Waals surface area contributed by atoms with E-state index in [9.17, 15) is 9.59 Å². The number of hydrogen-bond donors (Lipinski definition) is 1. The number of hydrogen-bond acceptors (Lipinski definition) is 4. The molecule has 1 amide bonds. The highest BCUT2D eigenvalue weighted by atomic mass is 16.4. The van der Waals surface area contributed by atoms with Gasteiger partial charge in [-0.1, -0.05) is 6.42 Å². The largest absolute Gasteiger partial charge is 0.430 e. The molecule has 2 heterocycles. The van der Waals surface area contributed by atoms with E-state index in [1.165, 1.54) is 31.2 Å². The Kier molecular flexibility index (Phi) is 4.15. The number of nitrogens with zero attached hydrogens (tertiary/aromatic N) is 1. The van der Waals surface area contributed by atoms with Gasteiger partial charge in [-0.05, 0) is 25.5 Å². The van der Waals surface area contributed by atoms with Crippen molar-refractivity contribution in [3.8, 4) is 0 Å². The van der Waals surface area contributed by atoms with E-state index in [4.69, 9.17) is 4.42 Å². The Hall–Kier alpha value is -1.62. The second-order valence-corrected chi connectivity index (χ2v) is 4.68. The standard InChI is InChI=1S/C13H18N2O3/c1-15(8-11-4-2-3-7-14-11)13(17)10-5-6-12(16)18-9-10/h5-6,9,11,14H,2-4,7-8H2,1H3. The SMILES string of the molecule is CN(CC1CCCCN1)C(=O)c1ccc(=O)oc1. The zero-order valence-electron chi connectivity index (χ0n) is 10.5. The number of carbonyl (C=O) groups is 1. The molecular formula is C13H18N2O3. The molecule has 0 bridgehead atoms. The van der Waals surface area contributed by atoms with Crippen LogP contribution < -0.4 is 10.9 Å². The molecule has 1 unspecified atom stereocenters. The molecule has 0 aliphatic carbocycles. The van der Waals surface area contributed by atoms with Crippen molar-refractivity contribution >= 4 is 5.91 Å². The van der Waals surface area contributed by atoms with Crippen LogP contribution in [0.3, 0.4) is 0 Å². The highest BCUT2D eigenvalue weighted by Gasteiger charge is 2.18. The lowest BCUT2D eigenvalue weighted by atomic mass is 10.0.